The highest BCUT2D eigenvalue weighted by atomic mass is 32.1. The van der Waals surface area contributed by atoms with Crippen molar-refractivity contribution in [1.29, 1.82) is 0 Å². The lowest BCUT2D eigenvalue weighted by molar-refractivity contribution is -0.156. The fourth-order valence-electron chi connectivity index (χ4n) is 11.8. The normalized spacial score (nSPS) is 27.1. The minimum Gasteiger partial charge on any atom is -0.464 e. The molecule has 3 amide bonds. The number of hydrogen-bond donors (Lipinski definition) is 2. The van der Waals surface area contributed by atoms with Gasteiger partial charge in [0.25, 0.3) is 12.3 Å². The van der Waals surface area contributed by atoms with Crippen LogP contribution in [0.4, 0.5) is 13.6 Å². The summed E-state index contributed by atoms with van der Waals surface area (Å²) in [4.78, 5) is 57.8. The van der Waals surface area contributed by atoms with Gasteiger partial charge in [-0.15, -0.1) is 11.3 Å². The second kappa shape index (κ2) is 22.5. The van der Waals surface area contributed by atoms with E-state index in [0.29, 0.717) is 70.3 Å². The molecule has 10 rings (SSSR count). The summed E-state index contributed by atoms with van der Waals surface area (Å²) in [5, 5.41) is 7.21. The van der Waals surface area contributed by atoms with Gasteiger partial charge in [-0.2, -0.15) is 0 Å². The monoisotopic (exact) mass is 1050 g/mol. The molecule has 5 fully saturated rings. The van der Waals surface area contributed by atoms with Crippen LogP contribution in [0, 0.1) is 11.3 Å². The Morgan fingerprint density at radius 2 is 1.89 bits per heavy atom. The number of carbonyl (C=O) groups is 3. The Morgan fingerprint density at radius 3 is 2.69 bits per heavy atom. The van der Waals surface area contributed by atoms with Crippen molar-refractivity contribution in [3.05, 3.63) is 57.7 Å². The number of methoxy groups -OCH3 is 1. The van der Waals surface area contributed by atoms with Gasteiger partial charge in [-0.1, -0.05) is 19.9 Å². The molecule has 6 aliphatic heterocycles. The molecule has 6 aliphatic rings. The molecular weight excluding hydrogens is 975 g/mol. The maximum Gasteiger partial charge on any atom is 0.324 e. The van der Waals surface area contributed by atoms with Crippen LogP contribution in [0.1, 0.15) is 107 Å². The van der Waals surface area contributed by atoms with Crippen LogP contribution in [0.3, 0.4) is 0 Å². The highest BCUT2D eigenvalue weighted by Crippen LogP contribution is 2.44. The first-order valence-electron chi connectivity index (χ1n) is 26.5. The zero-order chi connectivity index (χ0) is 51.8. The number of esters is 1. The zero-order valence-electron chi connectivity index (χ0n) is 43.5. The van der Waals surface area contributed by atoms with Gasteiger partial charge in [0.2, 0.25) is 0 Å². The van der Waals surface area contributed by atoms with Crippen LogP contribution in [-0.4, -0.2) is 163 Å². The second-order valence-electron chi connectivity index (χ2n) is 21.9. The topological polar surface area (TPSA) is 171 Å². The van der Waals surface area contributed by atoms with E-state index in [1.54, 1.807) is 12.0 Å². The van der Waals surface area contributed by atoms with Gasteiger partial charge >= 0.3 is 12.0 Å². The van der Waals surface area contributed by atoms with E-state index >= 15 is 0 Å². The lowest BCUT2D eigenvalue weighted by Gasteiger charge is -2.50. The SMILES string of the molecule is CO[C@@H](C)c1ncc([C@@H]2CCN3CCOC[C@H]3C2)cc1-c1c2c3cc(ccc3n1CCOC(C)C)-c1csc(n1)[C@@H](OCC(F)F)[C@H](NC(=O)N1C[C@@H]3COCC[C@@H]31)C(=O)N1CCC[C@H](N1)C(=O)OCC(C)(C)C2. The number of rotatable bonds is 12. The Kier molecular flexibility index (Phi) is 16.0. The van der Waals surface area contributed by atoms with Gasteiger partial charge in [-0.3, -0.25) is 24.5 Å². The average Bonchev–Trinajstić information content (AvgIpc) is 3.99. The number of likely N-dealkylation sites (tertiary alicyclic amines) is 1. The van der Waals surface area contributed by atoms with Crippen LogP contribution in [-0.2, 0) is 51.0 Å². The quantitative estimate of drug-likeness (QED) is 0.136. The molecule has 1 aromatic carbocycles. The highest BCUT2D eigenvalue weighted by molar-refractivity contribution is 7.10. The number of aromatic nitrogens is 3. The Morgan fingerprint density at radius 1 is 1.05 bits per heavy atom. The van der Waals surface area contributed by atoms with Gasteiger partial charge in [0.1, 0.15) is 29.8 Å². The largest absolute Gasteiger partial charge is 0.464 e. The molecule has 5 saturated heterocycles. The number of morpholine rings is 1. The fourth-order valence-corrected chi connectivity index (χ4v) is 12.8. The number of hydrogen-bond acceptors (Lipinski definition) is 14. The third kappa shape index (κ3) is 11.1. The van der Waals surface area contributed by atoms with Gasteiger partial charge in [0, 0.05) is 96.9 Å². The molecule has 0 spiro atoms. The molecule has 0 saturated carbocycles. The van der Waals surface area contributed by atoms with Gasteiger partial charge in [-0.25, -0.2) is 24.0 Å². The molecule has 3 aromatic heterocycles. The summed E-state index contributed by atoms with van der Waals surface area (Å²) in [5.74, 6) is -0.739. The third-order valence-corrected chi connectivity index (χ3v) is 16.8. The van der Waals surface area contributed by atoms with E-state index < -0.39 is 54.5 Å². The fraction of sp³-hybridized carbons (Fsp3) is 0.648. The number of amides is 3. The predicted molar refractivity (Wildman–Crippen MR) is 274 cm³/mol. The van der Waals surface area contributed by atoms with Crippen molar-refractivity contribution in [3.63, 3.8) is 0 Å². The summed E-state index contributed by atoms with van der Waals surface area (Å²) in [6, 6.07) is 5.87. The number of alkyl halides is 2. The van der Waals surface area contributed by atoms with Crippen molar-refractivity contribution < 1.29 is 51.6 Å². The number of benzene rings is 1. The van der Waals surface area contributed by atoms with Crippen molar-refractivity contribution >= 4 is 40.1 Å². The van der Waals surface area contributed by atoms with E-state index in [4.69, 9.17) is 38.4 Å². The van der Waals surface area contributed by atoms with E-state index in [-0.39, 0.29) is 48.2 Å². The first kappa shape index (κ1) is 52.8. The molecule has 6 bridgehead atoms. The standard InChI is InChI=1S/C54H72F2N8O9S/c1-31(2)71-19-16-62-44-10-9-34-21-38(44)40(48(62)39-22-35(24-57-46(39)32(3)68-6)33-11-14-61-15-18-70-27-37(61)20-33)23-54(4,5)30-73-52(66)41-8-7-13-64(60-41)51(65)47(49(72-28-45(55)56)50-58-42(34)29-74-50)59-53(67)63-25-36-26-69-17-12-43(36)63/h9-10,21-22,24,29,31-33,36-37,41,43,45,47,49,60H,7-8,11-20,23,25-28,30H2,1-6H3,(H,59,67)/t32-,33+,36+,37+,41-,43-,47-,49-/m0/s1. The number of halogens is 2. The number of nitrogens with zero attached hydrogens (tertiary/aromatic N) is 6. The van der Waals surface area contributed by atoms with Gasteiger partial charge < -0.3 is 43.2 Å². The number of nitrogens with one attached hydrogen (secondary N) is 2. The summed E-state index contributed by atoms with van der Waals surface area (Å²) >= 11 is 1.17. The van der Waals surface area contributed by atoms with Crippen LogP contribution in [0.5, 0.6) is 0 Å². The molecule has 0 radical (unpaired) electrons. The molecule has 4 aromatic rings. The number of ether oxygens (including phenoxy) is 6. The van der Waals surface area contributed by atoms with E-state index in [1.807, 2.05) is 38.4 Å². The number of piperidine rings is 1. The minimum absolute atomic E-state index is 0.00363. The summed E-state index contributed by atoms with van der Waals surface area (Å²) in [7, 11) is 1.70. The Hall–Kier alpha value is -4.67. The lowest BCUT2D eigenvalue weighted by Crippen LogP contribution is -2.67. The third-order valence-electron chi connectivity index (χ3n) is 15.8. The number of fused-ring (bicyclic) bond motifs is 8. The molecular formula is C54H72F2N8O9S. The van der Waals surface area contributed by atoms with Gasteiger partial charge in [0.05, 0.1) is 62.3 Å². The first-order chi connectivity index (χ1) is 35.7. The smallest absolute Gasteiger partial charge is 0.324 e. The lowest BCUT2D eigenvalue weighted by atomic mass is 9.82. The molecule has 2 N–H and O–H groups in total. The predicted octanol–water partition coefficient (Wildman–Crippen LogP) is 7.28. The van der Waals surface area contributed by atoms with E-state index in [0.717, 1.165) is 83.7 Å². The number of hydrazine groups is 1. The maximum absolute atomic E-state index is 14.9. The summed E-state index contributed by atoms with van der Waals surface area (Å²) < 4.78 is 66.8. The van der Waals surface area contributed by atoms with Crippen molar-refractivity contribution in [1.82, 2.24) is 40.1 Å². The molecule has 402 valence electrons. The number of cyclic esters (lactones) is 1. The van der Waals surface area contributed by atoms with Crippen molar-refractivity contribution in [2.45, 2.75) is 135 Å². The van der Waals surface area contributed by atoms with Gasteiger partial charge in [0.15, 0.2) is 0 Å². The number of carbonyl (C=O) groups excluding carboxylic acids is 3. The summed E-state index contributed by atoms with van der Waals surface area (Å²) in [6.45, 7) is 15.3. The first-order valence-corrected chi connectivity index (χ1v) is 27.4. The van der Waals surface area contributed by atoms with E-state index in [9.17, 15) is 23.2 Å². The molecule has 20 heteroatoms. The second-order valence-corrected chi connectivity index (χ2v) is 22.8. The van der Waals surface area contributed by atoms with Crippen molar-refractivity contribution in [2.24, 2.45) is 11.3 Å². The zero-order valence-corrected chi connectivity index (χ0v) is 44.3. The highest BCUT2D eigenvalue weighted by Gasteiger charge is 2.47. The van der Waals surface area contributed by atoms with Crippen LogP contribution >= 0.6 is 11.3 Å². The van der Waals surface area contributed by atoms with Crippen molar-refractivity contribution in [3.8, 4) is 22.5 Å². The minimum atomic E-state index is -2.88. The average molecular weight is 1050 g/mol. The summed E-state index contributed by atoms with van der Waals surface area (Å²) in [5.41, 5.74) is 9.63. The Balaban J connectivity index is 1.12. The van der Waals surface area contributed by atoms with Crippen LogP contribution in [0.25, 0.3) is 33.4 Å². The Bertz CT molecular complexity index is 2670. The number of thiazole rings is 1. The van der Waals surface area contributed by atoms with Crippen molar-refractivity contribution in [2.75, 3.05) is 79.5 Å². The van der Waals surface area contributed by atoms with Crippen LogP contribution in [0.2, 0.25) is 0 Å². The van der Waals surface area contributed by atoms with Gasteiger partial charge in [-0.05, 0) is 101 Å². The van der Waals surface area contributed by atoms with Crippen LogP contribution < -0.4 is 10.7 Å². The molecule has 8 atom stereocenters. The number of pyridine rings is 1. The maximum atomic E-state index is 14.9. The molecule has 17 nitrogen and oxygen atoms in total. The molecule has 0 unspecified atom stereocenters. The van der Waals surface area contributed by atoms with Crippen LogP contribution in [0.15, 0.2) is 35.8 Å². The molecule has 0 aliphatic carbocycles. The molecule has 74 heavy (non-hydrogen) atoms. The van der Waals surface area contributed by atoms with E-state index in [2.05, 4.69) is 52.3 Å². The number of urea groups is 1. The summed E-state index contributed by atoms with van der Waals surface area (Å²) in [6.07, 6.45) is 1.29. The molecule has 9 heterocycles. The van der Waals surface area contributed by atoms with E-state index in [1.165, 1.54) is 16.3 Å². The Labute approximate surface area is 435 Å².